The van der Waals surface area contributed by atoms with Crippen LogP contribution in [0.4, 0.5) is 5.69 Å². The Balaban J connectivity index is 1.85. The summed E-state index contributed by atoms with van der Waals surface area (Å²) in [4.78, 5) is 25.1. The summed E-state index contributed by atoms with van der Waals surface area (Å²) >= 11 is 5.86. The normalized spacial score (nSPS) is 10.3. The third-order valence-corrected chi connectivity index (χ3v) is 3.98. The molecule has 0 aliphatic carbocycles. The van der Waals surface area contributed by atoms with Gasteiger partial charge in [-0.25, -0.2) is 0 Å². The molecule has 2 aromatic carbocycles. The van der Waals surface area contributed by atoms with E-state index >= 15 is 0 Å². The first-order valence-corrected chi connectivity index (χ1v) is 8.88. The Morgan fingerprint density at radius 2 is 1.73 bits per heavy atom. The fraction of sp³-hybridized carbons (Fsp3) is 0.300. The molecule has 0 atom stereocenters. The summed E-state index contributed by atoms with van der Waals surface area (Å²) in [5.74, 6) is 0.380. The van der Waals surface area contributed by atoms with Gasteiger partial charge in [0.15, 0.2) is 0 Å². The molecule has 0 saturated carbocycles. The lowest BCUT2D eigenvalue weighted by Gasteiger charge is -2.19. The van der Waals surface area contributed by atoms with Gasteiger partial charge in [0.25, 0.3) is 0 Å². The van der Waals surface area contributed by atoms with Crippen molar-refractivity contribution in [3.63, 3.8) is 0 Å². The van der Waals surface area contributed by atoms with Crippen LogP contribution in [0, 0.1) is 0 Å². The van der Waals surface area contributed by atoms with Crippen LogP contribution in [-0.2, 0) is 16.2 Å². The van der Waals surface area contributed by atoms with Crippen molar-refractivity contribution in [2.45, 2.75) is 26.9 Å². The lowest BCUT2D eigenvalue weighted by Crippen LogP contribution is -2.37. The van der Waals surface area contributed by atoms with Crippen molar-refractivity contribution in [3.05, 3.63) is 59.1 Å². The van der Waals surface area contributed by atoms with Crippen LogP contribution in [-0.4, -0.2) is 29.8 Å². The highest BCUT2D eigenvalue weighted by atomic mass is 35.5. The summed E-state index contributed by atoms with van der Waals surface area (Å²) in [7, 11) is 0. The highest BCUT2D eigenvalue weighted by Crippen LogP contribution is 2.18. The zero-order valence-electron chi connectivity index (χ0n) is 15.0. The number of carbonyl (C=O) groups is 2. The van der Waals surface area contributed by atoms with E-state index < -0.39 is 0 Å². The molecule has 0 heterocycles. The molecule has 0 aliphatic rings. The highest BCUT2D eigenvalue weighted by Gasteiger charge is 2.12. The van der Waals surface area contributed by atoms with Crippen LogP contribution in [0.3, 0.4) is 0 Å². The third kappa shape index (κ3) is 6.41. The van der Waals surface area contributed by atoms with Gasteiger partial charge in [-0.05, 0) is 48.4 Å². The average Bonchev–Trinajstić information content (AvgIpc) is 2.62. The number of ether oxygens (including phenoxy) is 1. The Labute approximate surface area is 158 Å². The lowest BCUT2D eigenvalue weighted by atomic mass is 10.2. The standard InChI is InChI=1S/C20H23ClN2O3/c1-3-12-23(15(2)24)13-20(25)22-18-8-10-19(11-9-18)26-14-16-4-6-17(21)7-5-16/h4-11H,3,12-14H2,1-2H3,(H,22,25). The van der Waals surface area contributed by atoms with Crippen molar-refractivity contribution in [3.8, 4) is 5.75 Å². The number of hydrogen-bond donors (Lipinski definition) is 1. The van der Waals surface area contributed by atoms with Crippen LogP contribution in [0.2, 0.25) is 5.02 Å². The van der Waals surface area contributed by atoms with E-state index in [1.165, 1.54) is 11.8 Å². The fourth-order valence-corrected chi connectivity index (χ4v) is 2.50. The van der Waals surface area contributed by atoms with Gasteiger partial charge in [0, 0.05) is 24.2 Å². The first kappa shape index (κ1) is 19.8. The first-order valence-electron chi connectivity index (χ1n) is 8.50. The summed E-state index contributed by atoms with van der Waals surface area (Å²) in [6.45, 7) is 4.50. The second-order valence-corrected chi connectivity index (χ2v) is 6.36. The van der Waals surface area contributed by atoms with Crippen molar-refractivity contribution in [1.82, 2.24) is 4.90 Å². The van der Waals surface area contributed by atoms with Gasteiger partial charge in [0.1, 0.15) is 12.4 Å². The number of amides is 2. The molecule has 0 fully saturated rings. The van der Waals surface area contributed by atoms with Crippen LogP contribution in [0.25, 0.3) is 0 Å². The number of rotatable bonds is 8. The minimum atomic E-state index is -0.219. The van der Waals surface area contributed by atoms with E-state index in [1.54, 1.807) is 24.3 Å². The summed E-state index contributed by atoms with van der Waals surface area (Å²) in [6, 6.07) is 14.6. The number of halogens is 1. The van der Waals surface area contributed by atoms with Crippen molar-refractivity contribution in [2.75, 3.05) is 18.4 Å². The molecular formula is C20H23ClN2O3. The highest BCUT2D eigenvalue weighted by molar-refractivity contribution is 6.30. The molecule has 138 valence electrons. The third-order valence-electron chi connectivity index (χ3n) is 3.73. The number of nitrogens with one attached hydrogen (secondary N) is 1. The quantitative estimate of drug-likeness (QED) is 0.756. The fourth-order valence-electron chi connectivity index (χ4n) is 2.37. The van der Waals surface area contributed by atoms with E-state index in [2.05, 4.69) is 5.32 Å². The smallest absolute Gasteiger partial charge is 0.243 e. The molecule has 0 saturated heterocycles. The number of anilines is 1. The Hall–Kier alpha value is -2.53. The molecule has 2 amide bonds. The number of carbonyl (C=O) groups excluding carboxylic acids is 2. The van der Waals surface area contributed by atoms with E-state index in [0.717, 1.165) is 12.0 Å². The zero-order chi connectivity index (χ0) is 18.9. The molecule has 26 heavy (non-hydrogen) atoms. The van der Waals surface area contributed by atoms with Crippen molar-refractivity contribution < 1.29 is 14.3 Å². The van der Waals surface area contributed by atoms with Crippen LogP contribution < -0.4 is 10.1 Å². The van der Waals surface area contributed by atoms with E-state index in [9.17, 15) is 9.59 Å². The van der Waals surface area contributed by atoms with Crippen LogP contribution in [0.15, 0.2) is 48.5 Å². The average molecular weight is 375 g/mol. The molecule has 0 aromatic heterocycles. The minimum absolute atomic E-state index is 0.0536. The second kappa shape index (κ2) is 9.82. The Bertz CT molecular complexity index is 730. The molecule has 0 unspecified atom stereocenters. The van der Waals surface area contributed by atoms with Gasteiger partial charge < -0.3 is 15.0 Å². The monoisotopic (exact) mass is 374 g/mol. The maximum absolute atomic E-state index is 12.1. The molecule has 2 aromatic rings. The van der Waals surface area contributed by atoms with Gasteiger partial charge in [0.2, 0.25) is 11.8 Å². The molecule has 1 N–H and O–H groups in total. The first-order chi connectivity index (χ1) is 12.5. The largest absolute Gasteiger partial charge is 0.489 e. The summed E-state index contributed by atoms with van der Waals surface area (Å²) in [6.07, 6.45) is 0.812. The van der Waals surface area contributed by atoms with E-state index in [1.807, 2.05) is 31.2 Å². The number of benzene rings is 2. The second-order valence-electron chi connectivity index (χ2n) is 5.93. The van der Waals surface area contributed by atoms with Gasteiger partial charge in [-0.15, -0.1) is 0 Å². The van der Waals surface area contributed by atoms with Crippen molar-refractivity contribution in [1.29, 1.82) is 0 Å². The lowest BCUT2D eigenvalue weighted by molar-refractivity contribution is -0.132. The molecular weight excluding hydrogens is 352 g/mol. The Morgan fingerprint density at radius 3 is 2.31 bits per heavy atom. The summed E-state index contributed by atoms with van der Waals surface area (Å²) in [5.41, 5.74) is 1.68. The summed E-state index contributed by atoms with van der Waals surface area (Å²) < 4.78 is 5.71. The SMILES string of the molecule is CCCN(CC(=O)Nc1ccc(OCc2ccc(Cl)cc2)cc1)C(C)=O. The van der Waals surface area contributed by atoms with Crippen LogP contribution in [0.5, 0.6) is 5.75 Å². The van der Waals surface area contributed by atoms with Gasteiger partial charge in [-0.3, -0.25) is 9.59 Å². The molecule has 5 nitrogen and oxygen atoms in total. The van der Waals surface area contributed by atoms with Gasteiger partial charge in [0.05, 0.1) is 6.54 Å². The van der Waals surface area contributed by atoms with Gasteiger partial charge in [-0.1, -0.05) is 30.7 Å². The topological polar surface area (TPSA) is 58.6 Å². The predicted molar refractivity (Wildman–Crippen MR) is 103 cm³/mol. The molecule has 0 radical (unpaired) electrons. The van der Waals surface area contributed by atoms with E-state index in [4.69, 9.17) is 16.3 Å². The molecule has 0 bridgehead atoms. The molecule has 0 spiro atoms. The Kier molecular flexibility index (Phi) is 7.48. The van der Waals surface area contributed by atoms with Crippen molar-refractivity contribution >= 4 is 29.1 Å². The zero-order valence-corrected chi connectivity index (χ0v) is 15.8. The van der Waals surface area contributed by atoms with Gasteiger partial charge >= 0.3 is 0 Å². The maximum atomic E-state index is 12.1. The van der Waals surface area contributed by atoms with Gasteiger partial charge in [-0.2, -0.15) is 0 Å². The number of hydrogen-bond acceptors (Lipinski definition) is 3. The summed E-state index contributed by atoms with van der Waals surface area (Å²) in [5, 5.41) is 3.48. The minimum Gasteiger partial charge on any atom is -0.489 e. The Morgan fingerprint density at radius 1 is 1.08 bits per heavy atom. The maximum Gasteiger partial charge on any atom is 0.243 e. The van der Waals surface area contributed by atoms with Crippen LogP contribution in [0.1, 0.15) is 25.8 Å². The van der Waals surface area contributed by atoms with Crippen molar-refractivity contribution in [2.24, 2.45) is 0 Å². The van der Waals surface area contributed by atoms with Crippen LogP contribution >= 0.6 is 11.6 Å². The van der Waals surface area contributed by atoms with E-state index in [-0.39, 0.29) is 18.4 Å². The number of nitrogens with zero attached hydrogens (tertiary/aromatic N) is 1. The molecule has 6 heteroatoms. The van der Waals surface area contributed by atoms with E-state index in [0.29, 0.717) is 29.6 Å². The molecule has 0 aliphatic heterocycles. The molecule has 2 rings (SSSR count). The predicted octanol–water partition coefficient (Wildman–Crippen LogP) is 4.12.